The van der Waals surface area contributed by atoms with Gasteiger partial charge in [-0.2, -0.15) is 23.5 Å². The number of hydrogen-bond acceptors (Lipinski definition) is 12. The molecule has 4 aromatic heterocycles. The van der Waals surface area contributed by atoms with Gasteiger partial charge in [-0.3, -0.25) is 0 Å². The predicted molar refractivity (Wildman–Crippen MR) is 144 cm³/mol. The summed E-state index contributed by atoms with van der Waals surface area (Å²) in [6.45, 7) is 7.39. The third-order valence-corrected chi connectivity index (χ3v) is 5.63. The number of aromatic nitrogens is 8. The van der Waals surface area contributed by atoms with Gasteiger partial charge in [-0.15, -0.1) is 35.9 Å². The first-order chi connectivity index (χ1) is 17.4. The normalized spacial score (nSPS) is 9.07. The average molecular weight is 781 g/mol. The second kappa shape index (κ2) is 26.0. The Morgan fingerprint density at radius 2 is 1.05 bits per heavy atom. The van der Waals surface area contributed by atoms with Gasteiger partial charge in [0.2, 0.25) is 0 Å². The molecule has 18 heteroatoms. The van der Waals surface area contributed by atoms with Gasteiger partial charge in [-0.1, -0.05) is 69.6 Å². The molecule has 0 saturated heterocycles. The van der Waals surface area contributed by atoms with Gasteiger partial charge in [-0.25, -0.2) is 8.42 Å². The van der Waals surface area contributed by atoms with Gasteiger partial charge in [-0.05, 0) is 12.5 Å². The van der Waals surface area contributed by atoms with Crippen LogP contribution < -0.4 is 0 Å². The van der Waals surface area contributed by atoms with Crippen LogP contribution in [0.3, 0.4) is 0 Å². The van der Waals surface area contributed by atoms with E-state index in [2.05, 4.69) is 64.7 Å². The van der Waals surface area contributed by atoms with Gasteiger partial charge >= 0.3 is 0 Å². The van der Waals surface area contributed by atoms with Crippen molar-refractivity contribution in [1.29, 1.82) is 0 Å². The van der Waals surface area contributed by atoms with Crippen LogP contribution in [-0.2, 0) is 84.1 Å². The van der Waals surface area contributed by atoms with Crippen LogP contribution in [0.25, 0.3) is 0 Å². The number of rotatable bonds is 3. The topological polar surface area (TPSA) is 137 Å². The second-order valence-corrected chi connectivity index (χ2v) is 10.7. The summed E-state index contributed by atoms with van der Waals surface area (Å²) in [6.07, 6.45) is 15.4. The van der Waals surface area contributed by atoms with E-state index in [4.69, 9.17) is 11.6 Å². The van der Waals surface area contributed by atoms with E-state index in [1.165, 1.54) is 35.7 Å². The number of thioether (sulfide) groups is 2. The molecule has 0 bridgehead atoms. The molecule has 0 aliphatic carbocycles. The molecule has 0 aliphatic heterocycles. The predicted octanol–water partition coefficient (Wildman–Crippen LogP) is 3.83. The van der Waals surface area contributed by atoms with E-state index in [1.807, 2.05) is 33.3 Å². The Morgan fingerprint density at radius 1 is 0.634 bits per heavy atom. The summed E-state index contributed by atoms with van der Waals surface area (Å²) in [4.78, 5) is 30.7. The zero-order valence-electron chi connectivity index (χ0n) is 23.1. The standard InChI is InChI=1S/C6H7N2O2S.C6H7N2S.C6H7N2.C5H4ClN2S.4V/c1-5-3-4-7-6(8-5)11(2,9)10;1-5-3-4-7-6(8-5)9-2;1-5-3-4-7-6(2)8-5;1-9-5-7-3-2-4(6)8-5;;;;/h3H,1-2H3;3H,1-2H3;3H,1-2H3;2H,1H3;;;;/q4*-1;;;;. The van der Waals surface area contributed by atoms with Crippen LogP contribution in [0, 0.1) is 52.5 Å². The Morgan fingerprint density at radius 3 is 1.34 bits per heavy atom. The molecule has 0 aromatic carbocycles. The molecule has 4 aromatic rings. The van der Waals surface area contributed by atoms with Crippen LogP contribution in [0.1, 0.15) is 22.9 Å². The quantitative estimate of drug-likeness (QED) is 0.129. The Hall–Kier alpha value is -0.402. The van der Waals surface area contributed by atoms with Crippen molar-refractivity contribution in [2.45, 2.75) is 43.2 Å². The molecule has 41 heavy (non-hydrogen) atoms. The summed E-state index contributed by atoms with van der Waals surface area (Å²) in [5.74, 6) is 0.782. The van der Waals surface area contributed by atoms with Gasteiger partial charge < -0.3 is 39.9 Å². The van der Waals surface area contributed by atoms with E-state index in [-0.39, 0.29) is 79.4 Å². The van der Waals surface area contributed by atoms with E-state index < -0.39 is 9.84 Å². The zero-order chi connectivity index (χ0) is 27.8. The fourth-order valence-corrected chi connectivity index (χ4v) is 3.37. The summed E-state index contributed by atoms with van der Waals surface area (Å²) >= 11 is 8.50. The maximum Gasteiger partial charge on any atom is 0.163 e. The van der Waals surface area contributed by atoms with E-state index in [1.54, 1.807) is 19.1 Å². The SMILES string of the molecule is CSc1n[c-]cc(C)n1.CSc1n[c-]cc(Cl)n1.Cc1c[c-]nc(C)n1.Cc1c[c-]nc(S(C)(=O)=O)n1.[V].[V].[V].[V]. The fourth-order valence-electron chi connectivity index (χ4n) is 1.95. The molecule has 10 nitrogen and oxygen atoms in total. The Bertz CT molecular complexity index is 1320. The van der Waals surface area contributed by atoms with Crippen molar-refractivity contribution in [3.63, 3.8) is 0 Å². The summed E-state index contributed by atoms with van der Waals surface area (Å²) in [7, 11) is -3.28. The Balaban J connectivity index is -0.000000217. The van der Waals surface area contributed by atoms with Crippen molar-refractivity contribution >= 4 is 45.0 Å². The van der Waals surface area contributed by atoms with Crippen molar-refractivity contribution in [2.75, 3.05) is 18.8 Å². The minimum atomic E-state index is -3.28. The molecule has 0 atom stereocenters. The van der Waals surface area contributed by atoms with E-state index in [9.17, 15) is 8.42 Å². The smallest absolute Gasteiger partial charge is 0.163 e. The summed E-state index contributed by atoms with van der Waals surface area (Å²) in [5.41, 5.74) is 2.53. The monoisotopic (exact) mass is 780 g/mol. The number of hydrogen-bond donors (Lipinski definition) is 0. The maximum atomic E-state index is 10.8. The first-order valence-corrected chi connectivity index (χ1v) is 15.0. The Labute approximate surface area is 303 Å². The molecule has 4 radical (unpaired) electrons. The molecule has 0 fully saturated rings. The van der Waals surface area contributed by atoms with Crippen molar-refractivity contribution < 1.29 is 82.6 Å². The largest absolute Gasteiger partial charge is 0.373 e. The maximum absolute atomic E-state index is 10.8. The molecule has 0 aliphatic rings. The molecular formula is C23H25ClN8O2S3V4-4. The van der Waals surface area contributed by atoms with E-state index >= 15 is 0 Å². The number of nitrogens with zero attached hydrogens (tertiary/aromatic N) is 8. The van der Waals surface area contributed by atoms with Gasteiger partial charge in [0.25, 0.3) is 0 Å². The van der Waals surface area contributed by atoms with Crippen LogP contribution in [-0.4, -0.2) is 67.1 Å². The zero-order valence-corrected chi connectivity index (χ0v) is 31.9. The molecule has 4 rings (SSSR count). The molecular weight excluding hydrogens is 756 g/mol. The van der Waals surface area contributed by atoms with Crippen LogP contribution in [0.5, 0.6) is 0 Å². The van der Waals surface area contributed by atoms with Crippen molar-refractivity contribution in [3.8, 4) is 0 Å². The van der Waals surface area contributed by atoms with Gasteiger partial charge in [0.05, 0.1) is 10.3 Å². The average Bonchev–Trinajstić information content (AvgIpc) is 2.84. The molecule has 0 spiro atoms. The summed E-state index contributed by atoms with van der Waals surface area (Å²) in [6, 6.07) is 6.57. The molecule has 218 valence electrons. The third-order valence-electron chi connectivity index (χ3n) is 3.49. The molecule has 0 unspecified atom stereocenters. The second-order valence-electron chi connectivity index (χ2n) is 6.81. The van der Waals surface area contributed by atoms with Crippen LogP contribution >= 0.6 is 35.1 Å². The minimum Gasteiger partial charge on any atom is -0.373 e. The van der Waals surface area contributed by atoms with Gasteiger partial charge in [0, 0.05) is 91.5 Å². The molecule has 0 amide bonds. The molecule has 4 heterocycles. The van der Waals surface area contributed by atoms with E-state index in [0.29, 0.717) is 16.0 Å². The van der Waals surface area contributed by atoms with Gasteiger partial charge in [0.15, 0.2) is 9.84 Å². The summed E-state index contributed by atoms with van der Waals surface area (Å²) in [5, 5.41) is 1.71. The number of halogens is 1. The minimum absolute atomic E-state index is 0. The molecule has 0 saturated carbocycles. The van der Waals surface area contributed by atoms with Crippen LogP contribution in [0.4, 0.5) is 0 Å². The van der Waals surface area contributed by atoms with Crippen molar-refractivity contribution in [2.24, 2.45) is 0 Å². The first kappa shape index (κ1) is 47.5. The Kier molecular flexibility index (Phi) is 30.2. The van der Waals surface area contributed by atoms with Crippen molar-refractivity contribution in [3.05, 3.63) is 77.1 Å². The van der Waals surface area contributed by atoms with Crippen molar-refractivity contribution in [1.82, 2.24) is 39.9 Å². The number of aryl methyl sites for hydroxylation is 4. The number of sulfone groups is 1. The first-order valence-electron chi connectivity index (χ1n) is 10.2. The summed E-state index contributed by atoms with van der Waals surface area (Å²) < 4.78 is 21.7. The molecule has 0 N–H and O–H groups in total. The fraction of sp³-hybridized carbons (Fsp3) is 0.304. The third kappa shape index (κ3) is 22.8. The van der Waals surface area contributed by atoms with Crippen LogP contribution in [0.2, 0.25) is 5.15 Å². The van der Waals surface area contributed by atoms with Gasteiger partial charge in [0.1, 0.15) is 5.16 Å². The van der Waals surface area contributed by atoms with Crippen LogP contribution in [0.15, 0.2) is 39.7 Å². The van der Waals surface area contributed by atoms with E-state index in [0.717, 1.165) is 28.6 Å².